The van der Waals surface area contributed by atoms with Gasteiger partial charge in [-0.3, -0.25) is 14.9 Å². The SMILES string of the molecule is COCCN1Cc2cccc(C(=O)Nc3nc4cc(Cl)c(C)cc4s3)c2C1=O. The van der Waals surface area contributed by atoms with Gasteiger partial charge >= 0.3 is 0 Å². The van der Waals surface area contributed by atoms with E-state index in [0.29, 0.717) is 41.0 Å². The Balaban J connectivity index is 1.60. The van der Waals surface area contributed by atoms with Crippen molar-refractivity contribution in [1.29, 1.82) is 0 Å². The quantitative estimate of drug-likeness (QED) is 0.680. The van der Waals surface area contributed by atoms with Gasteiger partial charge in [0.05, 0.1) is 28.0 Å². The number of carbonyl (C=O) groups excluding carboxylic acids is 2. The largest absolute Gasteiger partial charge is 0.383 e. The van der Waals surface area contributed by atoms with Gasteiger partial charge in [-0.25, -0.2) is 4.98 Å². The zero-order valence-electron chi connectivity index (χ0n) is 15.4. The van der Waals surface area contributed by atoms with Gasteiger partial charge in [-0.1, -0.05) is 35.1 Å². The predicted octanol–water partition coefficient (Wildman–Crippen LogP) is 4.11. The highest BCUT2D eigenvalue weighted by molar-refractivity contribution is 7.22. The maximum atomic E-state index is 12.9. The van der Waals surface area contributed by atoms with Crippen LogP contribution < -0.4 is 5.32 Å². The van der Waals surface area contributed by atoms with Crippen LogP contribution in [0.15, 0.2) is 30.3 Å². The zero-order chi connectivity index (χ0) is 19.8. The highest BCUT2D eigenvalue weighted by Gasteiger charge is 2.31. The van der Waals surface area contributed by atoms with Crippen molar-refractivity contribution in [2.75, 3.05) is 25.6 Å². The number of nitrogens with zero attached hydrogens (tertiary/aromatic N) is 2. The molecule has 0 fully saturated rings. The van der Waals surface area contributed by atoms with Crippen LogP contribution in [0.5, 0.6) is 0 Å². The molecule has 2 amide bonds. The molecule has 1 aliphatic heterocycles. The van der Waals surface area contributed by atoms with Crippen LogP contribution in [0.1, 0.15) is 31.8 Å². The van der Waals surface area contributed by atoms with Gasteiger partial charge in [0.2, 0.25) is 0 Å². The van der Waals surface area contributed by atoms with Crippen LogP contribution in [0.2, 0.25) is 5.02 Å². The number of halogens is 1. The number of nitrogens with one attached hydrogen (secondary N) is 1. The first-order valence-electron chi connectivity index (χ1n) is 8.76. The molecule has 0 saturated carbocycles. The molecule has 1 N–H and O–H groups in total. The lowest BCUT2D eigenvalue weighted by Crippen LogP contribution is -2.28. The maximum absolute atomic E-state index is 12.9. The van der Waals surface area contributed by atoms with Crippen molar-refractivity contribution in [3.63, 3.8) is 0 Å². The monoisotopic (exact) mass is 415 g/mol. The van der Waals surface area contributed by atoms with Crippen LogP contribution in [0.4, 0.5) is 5.13 Å². The van der Waals surface area contributed by atoms with Crippen molar-refractivity contribution in [1.82, 2.24) is 9.88 Å². The number of carbonyl (C=O) groups is 2. The molecule has 1 aliphatic rings. The predicted molar refractivity (Wildman–Crippen MR) is 110 cm³/mol. The number of hydrogen-bond acceptors (Lipinski definition) is 5. The third-order valence-corrected chi connectivity index (χ3v) is 6.05. The van der Waals surface area contributed by atoms with Crippen LogP contribution in [0.3, 0.4) is 0 Å². The molecule has 2 aromatic carbocycles. The summed E-state index contributed by atoms with van der Waals surface area (Å²) in [6, 6.07) is 9.07. The van der Waals surface area contributed by atoms with Crippen molar-refractivity contribution < 1.29 is 14.3 Å². The van der Waals surface area contributed by atoms with Crippen LogP contribution in [-0.2, 0) is 11.3 Å². The first kappa shape index (κ1) is 18.9. The van der Waals surface area contributed by atoms with Crippen LogP contribution in [0, 0.1) is 6.92 Å². The van der Waals surface area contributed by atoms with Crippen molar-refractivity contribution in [3.05, 3.63) is 57.6 Å². The molecule has 0 bridgehead atoms. The van der Waals surface area contributed by atoms with Crippen LogP contribution in [-0.4, -0.2) is 42.0 Å². The topological polar surface area (TPSA) is 71.5 Å². The van der Waals surface area contributed by atoms with E-state index in [1.807, 2.05) is 19.1 Å². The lowest BCUT2D eigenvalue weighted by atomic mass is 10.0. The zero-order valence-corrected chi connectivity index (χ0v) is 17.0. The van der Waals surface area contributed by atoms with E-state index < -0.39 is 0 Å². The Hall–Kier alpha value is -2.48. The van der Waals surface area contributed by atoms with Crippen LogP contribution >= 0.6 is 22.9 Å². The van der Waals surface area contributed by atoms with E-state index in [1.165, 1.54) is 11.3 Å². The first-order valence-corrected chi connectivity index (χ1v) is 9.95. The molecule has 28 heavy (non-hydrogen) atoms. The van der Waals surface area contributed by atoms with Gasteiger partial charge in [-0.15, -0.1) is 0 Å². The third-order valence-electron chi connectivity index (χ3n) is 4.71. The number of benzene rings is 2. The average molecular weight is 416 g/mol. The molecule has 8 heteroatoms. The number of aromatic nitrogens is 1. The lowest BCUT2D eigenvalue weighted by molar-refractivity contribution is 0.0716. The molecule has 0 radical (unpaired) electrons. The molecule has 0 unspecified atom stereocenters. The second-order valence-corrected chi connectivity index (χ2v) is 8.04. The highest BCUT2D eigenvalue weighted by atomic mass is 35.5. The van der Waals surface area contributed by atoms with E-state index in [9.17, 15) is 9.59 Å². The third kappa shape index (κ3) is 3.37. The van der Waals surface area contributed by atoms with Crippen molar-refractivity contribution in [3.8, 4) is 0 Å². The summed E-state index contributed by atoms with van der Waals surface area (Å²) in [4.78, 5) is 31.8. The summed E-state index contributed by atoms with van der Waals surface area (Å²) in [5.74, 6) is -0.495. The van der Waals surface area contributed by atoms with Gasteiger partial charge in [-0.2, -0.15) is 0 Å². The Kier molecular flexibility index (Phi) is 5.05. The number of thiazole rings is 1. The lowest BCUT2D eigenvalue weighted by Gasteiger charge is -2.14. The summed E-state index contributed by atoms with van der Waals surface area (Å²) in [6.07, 6.45) is 0. The summed E-state index contributed by atoms with van der Waals surface area (Å²) in [5.41, 5.74) is 3.35. The fourth-order valence-electron chi connectivity index (χ4n) is 3.26. The Morgan fingerprint density at radius 3 is 3.00 bits per heavy atom. The number of fused-ring (bicyclic) bond motifs is 2. The number of aryl methyl sites for hydroxylation is 1. The minimum atomic E-state index is -0.347. The molecule has 0 atom stereocenters. The molecule has 6 nitrogen and oxygen atoms in total. The van der Waals surface area contributed by atoms with E-state index >= 15 is 0 Å². The van der Waals surface area contributed by atoms with Crippen LogP contribution in [0.25, 0.3) is 10.2 Å². The normalized spacial score (nSPS) is 13.2. The molecule has 0 saturated heterocycles. The smallest absolute Gasteiger partial charge is 0.258 e. The van der Waals surface area contributed by atoms with Crippen molar-refractivity contribution in [2.24, 2.45) is 0 Å². The molecular weight excluding hydrogens is 398 g/mol. The summed E-state index contributed by atoms with van der Waals surface area (Å²) >= 11 is 7.53. The molecule has 2 heterocycles. The van der Waals surface area contributed by atoms with Gasteiger partial charge in [0, 0.05) is 25.2 Å². The number of hydrogen-bond donors (Lipinski definition) is 1. The van der Waals surface area contributed by atoms with Gasteiger partial charge in [0.1, 0.15) is 0 Å². The second kappa shape index (κ2) is 7.50. The average Bonchev–Trinajstić information content (AvgIpc) is 3.20. The Bertz CT molecular complexity index is 1060. The van der Waals surface area contributed by atoms with E-state index in [2.05, 4.69) is 10.3 Å². The molecule has 4 rings (SSSR count). The maximum Gasteiger partial charge on any atom is 0.258 e. The van der Waals surface area contributed by atoms with E-state index in [4.69, 9.17) is 16.3 Å². The van der Waals surface area contributed by atoms with Gasteiger partial charge in [0.25, 0.3) is 11.8 Å². The molecule has 3 aromatic rings. The van der Waals surface area contributed by atoms with E-state index in [-0.39, 0.29) is 11.8 Å². The molecule has 144 valence electrons. The standard InChI is InChI=1S/C20H18ClN3O3S/c1-11-8-16-15(9-14(11)21)22-20(28-16)23-18(25)13-5-3-4-12-10-24(6-7-27-2)19(26)17(12)13/h3-5,8-9H,6-7,10H2,1-2H3,(H,22,23,25). The first-order chi connectivity index (χ1) is 13.5. The number of anilines is 1. The fourth-order valence-corrected chi connectivity index (χ4v) is 4.36. The van der Waals surface area contributed by atoms with Gasteiger partial charge < -0.3 is 9.64 Å². The number of amides is 2. The van der Waals surface area contributed by atoms with Crippen molar-refractivity contribution >= 4 is 50.1 Å². The summed E-state index contributed by atoms with van der Waals surface area (Å²) in [5, 5.41) is 3.94. The number of rotatable bonds is 5. The molecule has 1 aromatic heterocycles. The number of ether oxygens (including phenoxy) is 1. The fraction of sp³-hybridized carbons (Fsp3) is 0.250. The van der Waals surface area contributed by atoms with E-state index in [0.717, 1.165) is 21.3 Å². The summed E-state index contributed by atoms with van der Waals surface area (Å²) in [6.45, 7) is 3.35. The Morgan fingerprint density at radius 2 is 2.21 bits per heavy atom. The van der Waals surface area contributed by atoms with E-state index in [1.54, 1.807) is 30.2 Å². The highest BCUT2D eigenvalue weighted by Crippen LogP contribution is 2.31. The summed E-state index contributed by atoms with van der Waals surface area (Å²) < 4.78 is 6.01. The van der Waals surface area contributed by atoms with Gasteiger partial charge in [0.15, 0.2) is 5.13 Å². The van der Waals surface area contributed by atoms with Gasteiger partial charge in [-0.05, 0) is 36.2 Å². The Labute approximate surface area is 171 Å². The molecule has 0 aliphatic carbocycles. The minimum Gasteiger partial charge on any atom is -0.383 e. The molecule has 0 spiro atoms. The second-order valence-electron chi connectivity index (χ2n) is 6.60. The minimum absolute atomic E-state index is 0.149. The Morgan fingerprint density at radius 1 is 1.39 bits per heavy atom. The van der Waals surface area contributed by atoms with Crippen molar-refractivity contribution in [2.45, 2.75) is 13.5 Å². The molecular formula is C20H18ClN3O3S. The summed E-state index contributed by atoms with van der Waals surface area (Å²) in [7, 11) is 1.60. The number of methoxy groups -OCH3 is 1.